The molecule has 0 spiro atoms. The summed E-state index contributed by atoms with van der Waals surface area (Å²) in [6.45, 7) is 0.400. The van der Waals surface area contributed by atoms with Crippen LogP contribution in [0.1, 0.15) is 21.5 Å². The maximum absolute atomic E-state index is 13.0. The van der Waals surface area contributed by atoms with Gasteiger partial charge in [0.1, 0.15) is 12.4 Å². The van der Waals surface area contributed by atoms with Crippen molar-refractivity contribution in [2.24, 2.45) is 5.10 Å². The fourth-order valence-electron chi connectivity index (χ4n) is 5.24. The van der Waals surface area contributed by atoms with Crippen molar-refractivity contribution in [3.63, 3.8) is 0 Å². The average Bonchev–Trinajstić information content (AvgIpc) is 3.57. The lowest BCUT2D eigenvalue weighted by Gasteiger charge is -2.13. The monoisotopic (exact) mass is 638 g/mol. The molecule has 0 bridgehead atoms. The van der Waals surface area contributed by atoms with Crippen molar-refractivity contribution >= 4 is 67.4 Å². The summed E-state index contributed by atoms with van der Waals surface area (Å²) in [4.78, 5) is 17.7. The first-order valence-corrected chi connectivity index (χ1v) is 15.9. The molecule has 0 atom stereocenters. The molecule has 0 unspecified atom stereocenters. The zero-order chi connectivity index (χ0) is 31.3. The SMILES string of the molecule is O=C(N/N=C\c1c(OCc2cccc3ccccc23)ccc2ccccc12)c1ccc(-c2csc(Nc3ccc(Cl)cc3)n2)cc1. The second-order valence-electron chi connectivity index (χ2n) is 10.6. The van der Waals surface area contributed by atoms with E-state index in [4.69, 9.17) is 16.3 Å². The smallest absolute Gasteiger partial charge is 0.271 e. The van der Waals surface area contributed by atoms with E-state index in [1.165, 1.54) is 16.7 Å². The van der Waals surface area contributed by atoms with Crippen molar-refractivity contribution in [1.82, 2.24) is 10.4 Å². The van der Waals surface area contributed by atoms with Crippen molar-refractivity contribution in [2.75, 3.05) is 5.32 Å². The predicted octanol–water partition coefficient (Wildman–Crippen LogP) is 9.86. The summed E-state index contributed by atoms with van der Waals surface area (Å²) in [7, 11) is 0. The highest BCUT2D eigenvalue weighted by Crippen LogP contribution is 2.30. The Hall–Kier alpha value is -5.50. The van der Waals surface area contributed by atoms with Gasteiger partial charge in [-0.15, -0.1) is 11.3 Å². The maximum Gasteiger partial charge on any atom is 0.271 e. The number of rotatable bonds is 9. The van der Waals surface area contributed by atoms with Gasteiger partial charge in [0.2, 0.25) is 0 Å². The highest BCUT2D eigenvalue weighted by atomic mass is 35.5. The number of fused-ring (bicyclic) bond motifs is 2. The van der Waals surface area contributed by atoms with Crippen LogP contribution in [-0.2, 0) is 6.61 Å². The molecule has 0 radical (unpaired) electrons. The fourth-order valence-corrected chi connectivity index (χ4v) is 6.11. The van der Waals surface area contributed by atoms with Crippen LogP contribution in [0.2, 0.25) is 5.02 Å². The first kappa shape index (κ1) is 29.2. The number of hydrogen-bond acceptors (Lipinski definition) is 6. The Morgan fingerprint density at radius 2 is 1.52 bits per heavy atom. The van der Waals surface area contributed by atoms with Crippen LogP contribution in [0.25, 0.3) is 32.8 Å². The van der Waals surface area contributed by atoms with Crippen LogP contribution in [0.4, 0.5) is 10.8 Å². The Kier molecular flexibility index (Phi) is 8.41. The Balaban J connectivity index is 1.05. The van der Waals surface area contributed by atoms with Crippen LogP contribution in [0.15, 0.2) is 138 Å². The minimum Gasteiger partial charge on any atom is -0.488 e. The molecule has 1 aromatic heterocycles. The Morgan fingerprint density at radius 1 is 0.804 bits per heavy atom. The molecule has 0 fully saturated rings. The topological polar surface area (TPSA) is 75.6 Å². The Bertz CT molecular complexity index is 2190. The van der Waals surface area contributed by atoms with Crippen molar-refractivity contribution in [1.29, 1.82) is 0 Å². The molecule has 7 aromatic rings. The number of hydrazone groups is 1. The maximum atomic E-state index is 13.0. The molecular formula is C38H27ClN4O2S. The molecule has 7 rings (SSSR count). The number of anilines is 2. The van der Waals surface area contributed by atoms with Crippen LogP contribution in [0.3, 0.4) is 0 Å². The van der Waals surface area contributed by atoms with Gasteiger partial charge in [0.05, 0.1) is 11.9 Å². The van der Waals surface area contributed by atoms with Crippen LogP contribution < -0.4 is 15.5 Å². The third kappa shape index (κ3) is 6.47. The number of nitrogens with zero attached hydrogens (tertiary/aromatic N) is 2. The third-order valence-electron chi connectivity index (χ3n) is 7.60. The summed E-state index contributed by atoms with van der Waals surface area (Å²) in [6.07, 6.45) is 1.65. The molecule has 0 saturated heterocycles. The molecule has 0 aliphatic heterocycles. The number of carbonyl (C=O) groups excluding carboxylic acids is 1. The summed E-state index contributed by atoms with van der Waals surface area (Å²) < 4.78 is 6.36. The molecule has 2 N–H and O–H groups in total. The van der Waals surface area contributed by atoms with E-state index in [9.17, 15) is 4.79 Å². The average molecular weight is 639 g/mol. The normalized spacial score (nSPS) is 11.2. The van der Waals surface area contributed by atoms with Crippen molar-refractivity contribution in [2.45, 2.75) is 6.61 Å². The van der Waals surface area contributed by atoms with Gasteiger partial charge in [0.25, 0.3) is 5.91 Å². The van der Waals surface area contributed by atoms with Gasteiger partial charge in [0.15, 0.2) is 5.13 Å². The lowest BCUT2D eigenvalue weighted by atomic mass is 10.0. The summed E-state index contributed by atoms with van der Waals surface area (Å²) in [5.74, 6) is 0.367. The summed E-state index contributed by atoms with van der Waals surface area (Å²) in [6, 6.07) is 41.3. The molecule has 6 aromatic carbocycles. The highest BCUT2D eigenvalue weighted by Gasteiger charge is 2.11. The van der Waals surface area contributed by atoms with Gasteiger partial charge in [-0.25, -0.2) is 10.4 Å². The largest absolute Gasteiger partial charge is 0.488 e. The standard InChI is InChI=1S/C38H27ClN4O2S/c39-30-17-19-31(20-18-30)41-38-42-35(24-46-38)27-12-14-28(15-13-27)37(44)43-40-22-34-33-11-4-2-7-26(33)16-21-36(34)45-23-29-9-5-8-25-6-1-3-10-32(25)29/h1-22,24H,23H2,(H,41,42)(H,43,44)/b40-22-. The van der Waals surface area contributed by atoms with Gasteiger partial charge in [-0.3, -0.25) is 4.79 Å². The minimum atomic E-state index is -0.315. The Morgan fingerprint density at radius 3 is 2.33 bits per heavy atom. The number of thiazole rings is 1. The van der Waals surface area contributed by atoms with Crippen molar-refractivity contribution in [3.05, 3.63) is 154 Å². The zero-order valence-electron chi connectivity index (χ0n) is 24.5. The number of amides is 1. The molecule has 0 saturated carbocycles. The number of carbonyl (C=O) groups is 1. The van der Waals surface area contributed by atoms with E-state index in [1.54, 1.807) is 18.3 Å². The molecule has 8 heteroatoms. The van der Waals surface area contributed by atoms with Crippen LogP contribution in [-0.4, -0.2) is 17.1 Å². The van der Waals surface area contributed by atoms with Crippen LogP contribution in [0, 0.1) is 0 Å². The van der Waals surface area contributed by atoms with Crippen LogP contribution in [0.5, 0.6) is 5.75 Å². The number of benzene rings is 6. The predicted molar refractivity (Wildman–Crippen MR) is 190 cm³/mol. The lowest BCUT2D eigenvalue weighted by Crippen LogP contribution is -2.17. The molecule has 1 amide bonds. The molecule has 6 nitrogen and oxygen atoms in total. The van der Waals surface area contributed by atoms with Gasteiger partial charge in [-0.05, 0) is 69.6 Å². The second-order valence-corrected chi connectivity index (χ2v) is 11.9. The third-order valence-corrected chi connectivity index (χ3v) is 8.61. The van der Waals surface area contributed by atoms with Crippen molar-refractivity contribution in [3.8, 4) is 17.0 Å². The van der Waals surface area contributed by atoms with Gasteiger partial charge in [-0.2, -0.15) is 5.10 Å². The number of hydrogen-bond donors (Lipinski definition) is 2. The second kappa shape index (κ2) is 13.2. The first-order valence-electron chi connectivity index (χ1n) is 14.6. The highest BCUT2D eigenvalue weighted by molar-refractivity contribution is 7.14. The Labute approximate surface area is 275 Å². The number of nitrogens with one attached hydrogen (secondary N) is 2. The van der Waals surface area contributed by atoms with E-state index in [1.807, 2.05) is 96.4 Å². The van der Waals surface area contributed by atoms with E-state index in [2.05, 4.69) is 45.1 Å². The van der Waals surface area contributed by atoms with Gasteiger partial charge < -0.3 is 10.1 Å². The summed E-state index contributed by atoms with van der Waals surface area (Å²) >= 11 is 7.48. The molecule has 224 valence electrons. The van der Waals surface area contributed by atoms with E-state index in [-0.39, 0.29) is 5.91 Å². The van der Waals surface area contributed by atoms with E-state index < -0.39 is 0 Å². The van der Waals surface area contributed by atoms with E-state index in [0.29, 0.717) is 22.9 Å². The van der Waals surface area contributed by atoms with E-state index in [0.717, 1.165) is 49.4 Å². The molecule has 0 aliphatic carbocycles. The summed E-state index contributed by atoms with van der Waals surface area (Å²) in [5.41, 5.74) is 7.68. The van der Waals surface area contributed by atoms with Crippen molar-refractivity contribution < 1.29 is 9.53 Å². The minimum absolute atomic E-state index is 0.315. The number of ether oxygens (including phenoxy) is 1. The molecule has 1 heterocycles. The quantitative estimate of drug-likeness (QED) is 0.122. The van der Waals surface area contributed by atoms with Gasteiger partial charge >= 0.3 is 0 Å². The summed E-state index contributed by atoms with van der Waals surface area (Å²) in [5, 5.41) is 15.4. The molecule has 46 heavy (non-hydrogen) atoms. The number of aromatic nitrogens is 1. The van der Waals surface area contributed by atoms with Crippen LogP contribution >= 0.6 is 22.9 Å². The first-order chi connectivity index (χ1) is 22.6. The lowest BCUT2D eigenvalue weighted by molar-refractivity contribution is 0.0955. The van der Waals surface area contributed by atoms with E-state index >= 15 is 0 Å². The molecular weight excluding hydrogens is 612 g/mol. The number of halogens is 1. The molecule has 0 aliphatic rings. The van der Waals surface area contributed by atoms with Gasteiger partial charge in [-0.1, -0.05) is 96.5 Å². The fraction of sp³-hybridized carbons (Fsp3) is 0.0263. The van der Waals surface area contributed by atoms with Gasteiger partial charge in [0, 0.05) is 32.8 Å². The zero-order valence-corrected chi connectivity index (χ0v) is 26.1.